The summed E-state index contributed by atoms with van der Waals surface area (Å²) in [5, 5.41) is 9.39. The molecule has 2 aromatic carbocycles. The van der Waals surface area contributed by atoms with E-state index < -0.39 is 40.6 Å². The molecule has 12 heteroatoms. The van der Waals surface area contributed by atoms with Crippen molar-refractivity contribution in [3.63, 3.8) is 0 Å². The largest absolute Gasteiger partial charge is 0.497 e. The summed E-state index contributed by atoms with van der Waals surface area (Å²) >= 11 is 5.33. The van der Waals surface area contributed by atoms with Crippen LogP contribution in [0.25, 0.3) is 0 Å². The molecular weight excluding hydrogens is 492 g/mol. The van der Waals surface area contributed by atoms with E-state index in [0.717, 1.165) is 0 Å². The Hall–Kier alpha value is -3.13. The SMILES string of the molecule is COc1ccc(Oc2cccc(C(C#N)OC(=O)C3C(C)(C(F)(F)F)C3(Cl)C(F)(F)F)c2)cc1. The van der Waals surface area contributed by atoms with Gasteiger partial charge in [0.05, 0.1) is 7.11 Å². The number of carbonyl (C=O) groups excluding carboxylic acids is 1. The average molecular weight is 508 g/mol. The molecule has 2 aromatic rings. The molecule has 3 rings (SSSR count). The van der Waals surface area contributed by atoms with Crippen molar-refractivity contribution in [3.8, 4) is 23.3 Å². The Balaban J connectivity index is 1.82. The van der Waals surface area contributed by atoms with E-state index in [1.54, 1.807) is 30.3 Å². The molecule has 0 heterocycles. The van der Waals surface area contributed by atoms with Gasteiger partial charge in [-0.15, -0.1) is 11.6 Å². The molecule has 34 heavy (non-hydrogen) atoms. The van der Waals surface area contributed by atoms with E-state index in [0.29, 0.717) is 11.5 Å². The molecule has 0 bridgehead atoms. The van der Waals surface area contributed by atoms with Gasteiger partial charge in [0.1, 0.15) is 34.7 Å². The monoisotopic (exact) mass is 507 g/mol. The maximum atomic E-state index is 13.4. The Morgan fingerprint density at radius 2 is 1.62 bits per heavy atom. The number of ether oxygens (including phenoxy) is 3. The molecule has 5 nitrogen and oxygen atoms in total. The van der Waals surface area contributed by atoms with Crippen LogP contribution in [-0.2, 0) is 9.53 Å². The summed E-state index contributed by atoms with van der Waals surface area (Å²) in [6.07, 6.45) is -12.8. The normalized spacial score (nSPS) is 25.1. The highest BCUT2D eigenvalue weighted by Gasteiger charge is 2.95. The lowest BCUT2D eigenvalue weighted by molar-refractivity contribution is -0.214. The van der Waals surface area contributed by atoms with Crippen molar-refractivity contribution in [1.82, 2.24) is 0 Å². The number of halogens is 7. The van der Waals surface area contributed by atoms with Crippen LogP contribution in [-0.4, -0.2) is 30.3 Å². The van der Waals surface area contributed by atoms with Crippen LogP contribution >= 0.6 is 11.6 Å². The Morgan fingerprint density at radius 1 is 1.03 bits per heavy atom. The molecule has 1 fully saturated rings. The molecular formula is C22H16ClF6NO4. The quantitative estimate of drug-likeness (QED) is 0.259. The Morgan fingerprint density at radius 3 is 2.09 bits per heavy atom. The molecule has 0 radical (unpaired) electrons. The summed E-state index contributed by atoms with van der Waals surface area (Å²) in [5.41, 5.74) is -3.64. The van der Waals surface area contributed by atoms with Gasteiger partial charge in [-0.25, -0.2) is 0 Å². The lowest BCUT2D eigenvalue weighted by atomic mass is 10.0. The van der Waals surface area contributed by atoms with Gasteiger partial charge in [0, 0.05) is 5.56 Å². The summed E-state index contributed by atoms with van der Waals surface area (Å²) in [4.78, 5) is 8.50. The third kappa shape index (κ3) is 4.11. The fourth-order valence-electron chi connectivity index (χ4n) is 3.68. The zero-order chi connectivity index (χ0) is 25.5. The molecule has 0 amide bonds. The van der Waals surface area contributed by atoms with Crippen LogP contribution in [0.3, 0.4) is 0 Å². The minimum Gasteiger partial charge on any atom is -0.497 e. The van der Waals surface area contributed by atoms with Crippen molar-refractivity contribution in [2.75, 3.05) is 7.11 Å². The van der Waals surface area contributed by atoms with Gasteiger partial charge in [-0.1, -0.05) is 12.1 Å². The van der Waals surface area contributed by atoms with Crippen LogP contribution in [0.5, 0.6) is 17.2 Å². The minimum absolute atomic E-state index is 0.0246. The first-order valence-electron chi connectivity index (χ1n) is 9.55. The van der Waals surface area contributed by atoms with Crippen LogP contribution < -0.4 is 9.47 Å². The topological polar surface area (TPSA) is 68.6 Å². The van der Waals surface area contributed by atoms with E-state index in [1.807, 2.05) is 0 Å². The van der Waals surface area contributed by atoms with Gasteiger partial charge in [-0.05, 0) is 43.3 Å². The summed E-state index contributed by atoms with van der Waals surface area (Å²) in [6.45, 7) is 0.199. The molecule has 0 saturated heterocycles. The second-order valence-corrected chi connectivity index (χ2v) is 8.23. The predicted octanol–water partition coefficient (Wildman–Crippen LogP) is 6.33. The number of nitrogens with zero attached hydrogens (tertiary/aromatic N) is 1. The van der Waals surface area contributed by atoms with Gasteiger partial charge >= 0.3 is 18.3 Å². The Labute approximate surface area is 194 Å². The van der Waals surface area contributed by atoms with Gasteiger partial charge in [0.15, 0.2) is 4.87 Å². The molecule has 4 unspecified atom stereocenters. The zero-order valence-electron chi connectivity index (χ0n) is 17.5. The van der Waals surface area contributed by atoms with E-state index in [9.17, 15) is 36.4 Å². The maximum absolute atomic E-state index is 13.4. The fourth-order valence-corrected chi connectivity index (χ4v) is 4.14. The number of nitriles is 1. The molecule has 0 aliphatic heterocycles. The molecule has 1 aliphatic carbocycles. The zero-order valence-corrected chi connectivity index (χ0v) is 18.3. The third-order valence-corrected chi connectivity index (χ3v) is 6.52. The highest BCUT2D eigenvalue weighted by Crippen LogP contribution is 2.78. The molecule has 4 atom stereocenters. The molecule has 0 aromatic heterocycles. The smallest absolute Gasteiger partial charge is 0.409 e. The number of carbonyl (C=O) groups is 1. The predicted molar refractivity (Wildman–Crippen MR) is 106 cm³/mol. The number of methoxy groups -OCH3 is 1. The Bertz CT molecular complexity index is 1090. The lowest BCUT2D eigenvalue weighted by Gasteiger charge is -2.21. The third-order valence-electron chi connectivity index (χ3n) is 5.69. The number of rotatable bonds is 6. The molecule has 1 aliphatic rings. The average Bonchev–Trinajstić information content (AvgIpc) is 3.31. The standard InChI is InChI=1S/C22H16ClF6NO4/c1-19(21(24,25)26)17(20(19,23)22(27,28)29)18(31)34-16(11-30)12-4-3-5-15(10-12)33-14-8-6-13(32-2)7-9-14/h3-10,16-17H,1-2H3. The van der Waals surface area contributed by atoms with Crippen LogP contribution in [0.1, 0.15) is 18.6 Å². The number of hydrogen-bond donors (Lipinski definition) is 0. The number of hydrogen-bond acceptors (Lipinski definition) is 5. The fraction of sp³-hybridized carbons (Fsp3) is 0.364. The Kier molecular flexibility index (Phi) is 6.43. The number of esters is 1. The second-order valence-electron chi connectivity index (χ2n) is 7.64. The summed E-state index contributed by atoms with van der Waals surface area (Å²) in [6, 6.07) is 13.4. The van der Waals surface area contributed by atoms with Crippen LogP contribution in [0, 0.1) is 22.7 Å². The highest BCUT2D eigenvalue weighted by molar-refractivity contribution is 6.30. The van der Waals surface area contributed by atoms with Crippen LogP contribution in [0.4, 0.5) is 26.3 Å². The summed E-state index contributed by atoms with van der Waals surface area (Å²) < 4.78 is 95.8. The summed E-state index contributed by atoms with van der Waals surface area (Å²) in [5.74, 6) is -3.55. The first kappa shape index (κ1) is 25.5. The van der Waals surface area contributed by atoms with Gasteiger partial charge in [-0.2, -0.15) is 31.6 Å². The lowest BCUT2D eigenvalue weighted by Crippen LogP contribution is -2.38. The number of alkyl halides is 7. The van der Waals surface area contributed by atoms with Crippen molar-refractivity contribution in [1.29, 1.82) is 5.26 Å². The molecule has 1 saturated carbocycles. The first-order valence-corrected chi connectivity index (χ1v) is 9.93. The first-order chi connectivity index (χ1) is 15.7. The van der Waals surface area contributed by atoms with Crippen molar-refractivity contribution in [2.45, 2.75) is 30.3 Å². The van der Waals surface area contributed by atoms with Crippen LogP contribution in [0.2, 0.25) is 0 Å². The molecule has 0 N–H and O–H groups in total. The van der Waals surface area contributed by atoms with Crippen molar-refractivity contribution >= 4 is 17.6 Å². The van der Waals surface area contributed by atoms with E-state index >= 15 is 0 Å². The number of benzene rings is 2. The van der Waals surface area contributed by atoms with Gasteiger partial charge in [-0.3, -0.25) is 4.79 Å². The molecule has 182 valence electrons. The van der Waals surface area contributed by atoms with Gasteiger partial charge in [0.25, 0.3) is 0 Å². The van der Waals surface area contributed by atoms with Crippen LogP contribution in [0.15, 0.2) is 48.5 Å². The second kappa shape index (κ2) is 8.58. The van der Waals surface area contributed by atoms with Gasteiger partial charge in [0.2, 0.25) is 6.10 Å². The van der Waals surface area contributed by atoms with Crippen molar-refractivity contribution in [3.05, 3.63) is 54.1 Å². The summed E-state index contributed by atoms with van der Waals surface area (Å²) in [7, 11) is 1.48. The van der Waals surface area contributed by atoms with E-state index in [2.05, 4.69) is 0 Å². The molecule has 0 spiro atoms. The van der Waals surface area contributed by atoms with E-state index in [1.165, 1.54) is 31.4 Å². The minimum atomic E-state index is -5.56. The maximum Gasteiger partial charge on any atom is 0.409 e. The van der Waals surface area contributed by atoms with Crippen molar-refractivity contribution in [2.24, 2.45) is 11.3 Å². The van der Waals surface area contributed by atoms with Crippen molar-refractivity contribution < 1.29 is 45.3 Å². The van der Waals surface area contributed by atoms with Gasteiger partial charge < -0.3 is 14.2 Å². The highest BCUT2D eigenvalue weighted by atomic mass is 35.5. The van der Waals surface area contributed by atoms with E-state index in [-0.39, 0.29) is 18.2 Å². The van der Waals surface area contributed by atoms with E-state index in [4.69, 9.17) is 25.8 Å².